The topological polar surface area (TPSA) is 87.0 Å². The smallest absolute Gasteiger partial charge is 0.161 e. The van der Waals surface area contributed by atoms with E-state index < -0.39 is 0 Å². The number of hydrogen-bond acceptors (Lipinski definition) is 5. The van der Waals surface area contributed by atoms with Gasteiger partial charge in [0.05, 0.1) is 7.11 Å². The zero-order valence-electron chi connectivity index (χ0n) is 10.5. The van der Waals surface area contributed by atoms with E-state index in [1.165, 1.54) is 0 Å². The number of hydrogen-bond donors (Lipinski definition) is 2. The van der Waals surface area contributed by atoms with Gasteiger partial charge in [-0.15, -0.1) is 0 Å². The van der Waals surface area contributed by atoms with Crippen LogP contribution in [0.5, 0.6) is 5.75 Å². The van der Waals surface area contributed by atoms with Crippen LogP contribution in [0.25, 0.3) is 11.4 Å². The quantitative estimate of drug-likeness (QED) is 0.854. The standard InChI is InChI=1S/C13H16N4O/c1-8-5-9(3-4-11(8)18-2)13-16-7-10(6-14)12(15)17-13/h3-5,7H,6,14H2,1-2H3,(H2,15,16,17). The fourth-order valence-corrected chi connectivity index (χ4v) is 1.73. The van der Waals surface area contributed by atoms with Gasteiger partial charge in [0.25, 0.3) is 0 Å². The molecule has 0 amide bonds. The molecule has 0 atom stereocenters. The Labute approximate surface area is 106 Å². The molecule has 0 aliphatic carbocycles. The third-order valence-corrected chi connectivity index (χ3v) is 2.77. The molecule has 0 unspecified atom stereocenters. The van der Waals surface area contributed by atoms with Gasteiger partial charge in [-0.25, -0.2) is 9.97 Å². The highest BCUT2D eigenvalue weighted by molar-refractivity contribution is 5.60. The maximum absolute atomic E-state index is 5.81. The lowest BCUT2D eigenvalue weighted by atomic mass is 10.1. The minimum Gasteiger partial charge on any atom is -0.496 e. The molecular weight excluding hydrogens is 228 g/mol. The Hall–Kier alpha value is -2.14. The Morgan fingerprint density at radius 3 is 2.67 bits per heavy atom. The van der Waals surface area contributed by atoms with Crippen molar-refractivity contribution in [1.29, 1.82) is 0 Å². The Morgan fingerprint density at radius 2 is 2.11 bits per heavy atom. The summed E-state index contributed by atoms with van der Waals surface area (Å²) in [6, 6.07) is 5.76. The minimum absolute atomic E-state index is 0.341. The molecular formula is C13H16N4O. The van der Waals surface area contributed by atoms with E-state index in [9.17, 15) is 0 Å². The molecule has 0 aliphatic heterocycles. The van der Waals surface area contributed by atoms with Gasteiger partial charge >= 0.3 is 0 Å². The molecule has 18 heavy (non-hydrogen) atoms. The maximum atomic E-state index is 5.81. The molecule has 94 valence electrons. The van der Waals surface area contributed by atoms with Crippen molar-refractivity contribution in [3.8, 4) is 17.1 Å². The van der Waals surface area contributed by atoms with Crippen molar-refractivity contribution < 1.29 is 4.74 Å². The summed E-state index contributed by atoms with van der Waals surface area (Å²) in [6.07, 6.45) is 1.66. The van der Waals surface area contributed by atoms with E-state index >= 15 is 0 Å². The first-order valence-electron chi connectivity index (χ1n) is 5.62. The van der Waals surface area contributed by atoms with Crippen molar-refractivity contribution in [3.63, 3.8) is 0 Å². The second-order valence-electron chi connectivity index (χ2n) is 3.99. The molecule has 1 aromatic carbocycles. The second-order valence-corrected chi connectivity index (χ2v) is 3.99. The average molecular weight is 244 g/mol. The zero-order chi connectivity index (χ0) is 13.1. The van der Waals surface area contributed by atoms with Gasteiger partial charge in [0.2, 0.25) is 0 Å². The molecule has 4 N–H and O–H groups in total. The Morgan fingerprint density at radius 1 is 1.33 bits per heavy atom. The van der Waals surface area contributed by atoms with Crippen molar-refractivity contribution in [2.24, 2.45) is 5.73 Å². The third-order valence-electron chi connectivity index (χ3n) is 2.77. The summed E-state index contributed by atoms with van der Waals surface area (Å²) in [5.41, 5.74) is 14.0. The number of aryl methyl sites for hydroxylation is 1. The second kappa shape index (κ2) is 5.01. The van der Waals surface area contributed by atoms with Gasteiger partial charge in [0.1, 0.15) is 11.6 Å². The van der Waals surface area contributed by atoms with Crippen molar-refractivity contribution >= 4 is 5.82 Å². The number of benzene rings is 1. The zero-order valence-corrected chi connectivity index (χ0v) is 10.5. The van der Waals surface area contributed by atoms with Crippen LogP contribution in [-0.2, 0) is 6.54 Å². The van der Waals surface area contributed by atoms with E-state index in [2.05, 4.69) is 9.97 Å². The largest absolute Gasteiger partial charge is 0.496 e. The summed E-state index contributed by atoms with van der Waals surface area (Å²) in [4.78, 5) is 8.52. The Balaban J connectivity index is 2.42. The molecule has 5 nitrogen and oxygen atoms in total. The van der Waals surface area contributed by atoms with E-state index in [0.717, 1.165) is 22.4 Å². The fraction of sp³-hybridized carbons (Fsp3) is 0.231. The number of aromatic nitrogens is 2. The molecule has 0 spiro atoms. The molecule has 0 radical (unpaired) electrons. The summed E-state index contributed by atoms with van der Waals surface area (Å²) in [6.45, 7) is 2.31. The van der Waals surface area contributed by atoms with Crippen LogP contribution in [-0.4, -0.2) is 17.1 Å². The van der Waals surface area contributed by atoms with Crippen molar-refractivity contribution in [2.75, 3.05) is 12.8 Å². The van der Waals surface area contributed by atoms with E-state index in [4.69, 9.17) is 16.2 Å². The Kier molecular flexibility index (Phi) is 3.43. The number of nitrogens with two attached hydrogens (primary N) is 2. The summed E-state index contributed by atoms with van der Waals surface area (Å²) < 4.78 is 5.21. The van der Waals surface area contributed by atoms with Gasteiger partial charge in [-0.05, 0) is 30.7 Å². The van der Waals surface area contributed by atoms with Crippen LogP contribution in [0, 0.1) is 6.92 Å². The first-order valence-corrected chi connectivity index (χ1v) is 5.62. The lowest BCUT2D eigenvalue weighted by molar-refractivity contribution is 0.412. The molecule has 0 fully saturated rings. The first kappa shape index (κ1) is 12.3. The predicted octanol–water partition coefficient (Wildman–Crippen LogP) is 1.50. The third kappa shape index (κ3) is 2.26. The number of nitrogen functional groups attached to an aromatic ring is 1. The van der Waals surface area contributed by atoms with E-state index in [1.54, 1.807) is 13.3 Å². The lowest BCUT2D eigenvalue weighted by Gasteiger charge is -2.08. The number of nitrogens with zero attached hydrogens (tertiary/aromatic N) is 2. The van der Waals surface area contributed by atoms with E-state index in [0.29, 0.717) is 18.2 Å². The van der Waals surface area contributed by atoms with E-state index in [1.807, 2.05) is 25.1 Å². The number of methoxy groups -OCH3 is 1. The summed E-state index contributed by atoms with van der Waals surface area (Å²) in [7, 11) is 1.65. The molecule has 1 aromatic heterocycles. The minimum atomic E-state index is 0.341. The van der Waals surface area contributed by atoms with Crippen molar-refractivity contribution in [2.45, 2.75) is 13.5 Å². The predicted molar refractivity (Wildman–Crippen MR) is 71.1 cm³/mol. The molecule has 0 aliphatic rings. The van der Waals surface area contributed by atoms with Crippen LogP contribution in [0.15, 0.2) is 24.4 Å². The van der Waals surface area contributed by atoms with Gasteiger partial charge in [0, 0.05) is 23.9 Å². The van der Waals surface area contributed by atoms with Crippen molar-refractivity contribution in [3.05, 3.63) is 35.5 Å². The molecule has 0 bridgehead atoms. The summed E-state index contributed by atoms with van der Waals surface area (Å²) in [5.74, 6) is 1.86. The molecule has 5 heteroatoms. The number of rotatable bonds is 3. The number of ether oxygens (including phenoxy) is 1. The SMILES string of the molecule is COc1ccc(-c2ncc(CN)c(N)n2)cc1C. The van der Waals surface area contributed by atoms with Gasteiger partial charge in [-0.1, -0.05) is 0 Å². The Bertz CT molecular complexity index is 517. The molecule has 0 saturated carbocycles. The monoisotopic (exact) mass is 244 g/mol. The van der Waals surface area contributed by atoms with Crippen LogP contribution in [0.1, 0.15) is 11.1 Å². The van der Waals surface area contributed by atoms with Gasteiger partial charge in [-0.2, -0.15) is 0 Å². The normalized spacial score (nSPS) is 10.4. The van der Waals surface area contributed by atoms with Crippen LogP contribution in [0.3, 0.4) is 0 Å². The van der Waals surface area contributed by atoms with Crippen LogP contribution >= 0.6 is 0 Å². The summed E-state index contributed by atoms with van der Waals surface area (Å²) in [5, 5.41) is 0. The van der Waals surface area contributed by atoms with Crippen LogP contribution in [0.4, 0.5) is 5.82 Å². The molecule has 2 rings (SSSR count). The summed E-state index contributed by atoms with van der Waals surface area (Å²) >= 11 is 0. The van der Waals surface area contributed by atoms with Gasteiger partial charge in [0.15, 0.2) is 5.82 Å². The van der Waals surface area contributed by atoms with E-state index in [-0.39, 0.29) is 0 Å². The highest BCUT2D eigenvalue weighted by atomic mass is 16.5. The highest BCUT2D eigenvalue weighted by Crippen LogP contribution is 2.24. The fourth-order valence-electron chi connectivity index (χ4n) is 1.73. The molecule has 2 aromatic rings. The lowest BCUT2D eigenvalue weighted by Crippen LogP contribution is -2.05. The molecule has 1 heterocycles. The van der Waals surface area contributed by atoms with Gasteiger partial charge in [-0.3, -0.25) is 0 Å². The highest BCUT2D eigenvalue weighted by Gasteiger charge is 2.07. The van der Waals surface area contributed by atoms with Gasteiger partial charge < -0.3 is 16.2 Å². The maximum Gasteiger partial charge on any atom is 0.161 e. The number of anilines is 1. The van der Waals surface area contributed by atoms with Crippen molar-refractivity contribution in [1.82, 2.24) is 9.97 Å². The first-order chi connectivity index (χ1) is 8.65. The average Bonchev–Trinajstić information content (AvgIpc) is 2.38. The van der Waals surface area contributed by atoms with Crippen LogP contribution in [0.2, 0.25) is 0 Å². The van der Waals surface area contributed by atoms with Crippen LogP contribution < -0.4 is 16.2 Å². The molecule has 0 saturated heterocycles.